The van der Waals surface area contributed by atoms with Crippen LogP contribution >= 0.6 is 11.6 Å². The molecule has 8 nitrogen and oxygen atoms in total. The van der Waals surface area contributed by atoms with Crippen LogP contribution in [0.1, 0.15) is 5.56 Å². The van der Waals surface area contributed by atoms with Crippen LogP contribution in [0.5, 0.6) is 0 Å². The van der Waals surface area contributed by atoms with Crippen molar-refractivity contribution in [1.29, 1.82) is 0 Å². The molecule has 2 rings (SSSR count). The van der Waals surface area contributed by atoms with Crippen LogP contribution in [0.15, 0.2) is 52.5 Å². The molecule has 0 saturated carbocycles. The van der Waals surface area contributed by atoms with Crippen molar-refractivity contribution in [3.05, 3.63) is 63.2 Å². The predicted octanol–water partition coefficient (Wildman–Crippen LogP) is 2.34. The van der Waals surface area contributed by atoms with Crippen LogP contribution < -0.4 is 10.6 Å². The predicted molar refractivity (Wildman–Crippen MR) is 87.1 cm³/mol. The Morgan fingerprint density at radius 3 is 2.43 bits per heavy atom. The molecule has 0 amide bonds. The third-order valence-electron chi connectivity index (χ3n) is 2.75. The van der Waals surface area contributed by atoms with E-state index in [1.165, 1.54) is 12.3 Å². The Balaban J connectivity index is 2.29. The molecule has 0 heterocycles. The van der Waals surface area contributed by atoms with E-state index in [0.29, 0.717) is 5.02 Å². The third kappa shape index (κ3) is 4.49. The lowest BCUT2D eigenvalue weighted by atomic mass is 10.2. The minimum Gasteiger partial charge on any atom is -0.277 e. The van der Waals surface area contributed by atoms with E-state index in [1.54, 1.807) is 24.3 Å². The average molecular weight is 355 g/mol. The maximum absolute atomic E-state index is 11.5. The summed E-state index contributed by atoms with van der Waals surface area (Å²) in [5.41, 5.74) is 2.87. The van der Waals surface area contributed by atoms with Gasteiger partial charge in [0, 0.05) is 17.2 Å². The van der Waals surface area contributed by atoms with Gasteiger partial charge in [0.15, 0.2) is 0 Å². The number of benzene rings is 2. The molecule has 0 atom stereocenters. The maximum Gasteiger partial charge on any atom is 0.270 e. The topological polar surface area (TPSA) is 128 Å². The number of nitro groups is 1. The number of primary sulfonamides is 1. The van der Waals surface area contributed by atoms with Gasteiger partial charge in [0.1, 0.15) is 4.90 Å². The Morgan fingerprint density at radius 1 is 1.22 bits per heavy atom. The lowest BCUT2D eigenvalue weighted by molar-refractivity contribution is -0.385. The van der Waals surface area contributed by atoms with Crippen molar-refractivity contribution in [2.45, 2.75) is 4.90 Å². The average Bonchev–Trinajstić information content (AvgIpc) is 2.48. The highest BCUT2D eigenvalue weighted by Crippen LogP contribution is 2.25. The molecule has 0 fully saturated rings. The van der Waals surface area contributed by atoms with Crippen LogP contribution in [0, 0.1) is 10.1 Å². The van der Waals surface area contributed by atoms with E-state index in [0.717, 1.165) is 17.7 Å². The first kappa shape index (κ1) is 16.9. The Kier molecular flexibility index (Phi) is 4.94. The van der Waals surface area contributed by atoms with Crippen molar-refractivity contribution in [3.63, 3.8) is 0 Å². The molecule has 0 aromatic heterocycles. The summed E-state index contributed by atoms with van der Waals surface area (Å²) in [6.45, 7) is 0. The number of sulfonamides is 1. The van der Waals surface area contributed by atoms with Gasteiger partial charge in [-0.05, 0) is 23.8 Å². The molecule has 0 saturated heterocycles. The second kappa shape index (κ2) is 6.73. The number of hydrogen-bond acceptors (Lipinski definition) is 6. The van der Waals surface area contributed by atoms with E-state index in [1.807, 2.05) is 0 Å². The van der Waals surface area contributed by atoms with Gasteiger partial charge in [0.2, 0.25) is 10.0 Å². The van der Waals surface area contributed by atoms with Gasteiger partial charge in [-0.1, -0.05) is 23.7 Å². The number of halogens is 1. The number of rotatable bonds is 5. The molecule has 0 spiro atoms. The van der Waals surface area contributed by atoms with Crippen LogP contribution in [0.2, 0.25) is 5.02 Å². The summed E-state index contributed by atoms with van der Waals surface area (Å²) in [6, 6.07) is 10.0. The summed E-state index contributed by atoms with van der Waals surface area (Å²) in [4.78, 5) is 9.60. The standard InChI is InChI=1S/C13H11ClN4O4S/c14-10-3-1-9(2-4-10)8-16-17-12-6-5-11(18(19)20)7-13(12)23(15,21)22/h1-8,17H,(H2,15,21,22)/b16-8-. The van der Waals surface area contributed by atoms with Crippen molar-refractivity contribution in [1.82, 2.24) is 0 Å². The summed E-state index contributed by atoms with van der Waals surface area (Å²) < 4.78 is 23.1. The summed E-state index contributed by atoms with van der Waals surface area (Å²) in [6.07, 6.45) is 1.44. The van der Waals surface area contributed by atoms with Crippen LogP contribution in [0.3, 0.4) is 0 Å². The number of nitrogens with zero attached hydrogens (tertiary/aromatic N) is 2. The fourth-order valence-electron chi connectivity index (χ4n) is 1.68. The van der Waals surface area contributed by atoms with E-state index in [4.69, 9.17) is 16.7 Å². The first-order valence-electron chi connectivity index (χ1n) is 6.13. The van der Waals surface area contributed by atoms with Crippen LogP contribution in [-0.2, 0) is 10.0 Å². The van der Waals surface area contributed by atoms with E-state index in [2.05, 4.69) is 10.5 Å². The quantitative estimate of drug-likeness (QED) is 0.484. The number of hydrogen-bond donors (Lipinski definition) is 2. The molecule has 0 bridgehead atoms. The maximum atomic E-state index is 11.5. The minimum absolute atomic E-state index is 0.0308. The molecule has 2 aromatic carbocycles. The van der Waals surface area contributed by atoms with Gasteiger partial charge in [-0.25, -0.2) is 13.6 Å². The first-order chi connectivity index (χ1) is 10.8. The molecule has 3 N–H and O–H groups in total. The molecule has 120 valence electrons. The second-order valence-electron chi connectivity index (χ2n) is 4.40. The van der Waals surface area contributed by atoms with Gasteiger partial charge in [-0.3, -0.25) is 15.5 Å². The fraction of sp³-hybridized carbons (Fsp3) is 0. The molecular weight excluding hydrogens is 344 g/mol. The first-order valence-corrected chi connectivity index (χ1v) is 8.06. The van der Waals surface area contributed by atoms with Crippen LogP contribution in [0.4, 0.5) is 11.4 Å². The highest BCUT2D eigenvalue weighted by molar-refractivity contribution is 7.89. The summed E-state index contributed by atoms with van der Waals surface area (Å²) >= 11 is 5.76. The van der Waals surface area contributed by atoms with E-state index < -0.39 is 19.8 Å². The summed E-state index contributed by atoms with van der Waals surface area (Å²) in [7, 11) is -4.15. The molecule has 0 aliphatic heterocycles. The van der Waals surface area contributed by atoms with Crippen molar-refractivity contribution in [3.8, 4) is 0 Å². The molecular formula is C13H11ClN4O4S. The molecule has 0 aliphatic carbocycles. The molecule has 10 heteroatoms. The van der Waals surface area contributed by atoms with Crippen molar-refractivity contribution in [2.75, 3.05) is 5.43 Å². The zero-order chi connectivity index (χ0) is 17.0. The Labute approximate surface area is 136 Å². The van der Waals surface area contributed by atoms with Crippen LogP contribution in [0.25, 0.3) is 0 Å². The summed E-state index contributed by atoms with van der Waals surface area (Å²) in [5.74, 6) is 0. The number of nitrogens with one attached hydrogen (secondary N) is 1. The van der Waals surface area contributed by atoms with Gasteiger partial charge in [-0.15, -0.1) is 0 Å². The number of nitro benzene ring substituents is 1. The highest BCUT2D eigenvalue weighted by Gasteiger charge is 2.18. The minimum atomic E-state index is -4.15. The second-order valence-corrected chi connectivity index (χ2v) is 6.37. The van der Waals surface area contributed by atoms with Gasteiger partial charge >= 0.3 is 0 Å². The van der Waals surface area contributed by atoms with Crippen molar-refractivity contribution >= 4 is 39.2 Å². The fourth-order valence-corrected chi connectivity index (χ4v) is 2.51. The van der Waals surface area contributed by atoms with E-state index >= 15 is 0 Å². The number of nitrogens with two attached hydrogens (primary N) is 1. The zero-order valence-electron chi connectivity index (χ0n) is 11.5. The van der Waals surface area contributed by atoms with Gasteiger partial charge < -0.3 is 0 Å². The number of non-ortho nitro benzene ring substituents is 1. The van der Waals surface area contributed by atoms with Crippen LogP contribution in [-0.4, -0.2) is 19.6 Å². The molecule has 0 aliphatic rings. The van der Waals surface area contributed by atoms with Crippen molar-refractivity contribution < 1.29 is 13.3 Å². The number of anilines is 1. The van der Waals surface area contributed by atoms with Gasteiger partial charge in [0.05, 0.1) is 16.8 Å². The Bertz CT molecular complexity index is 866. The molecule has 0 radical (unpaired) electrons. The molecule has 23 heavy (non-hydrogen) atoms. The molecule has 0 unspecified atom stereocenters. The van der Waals surface area contributed by atoms with Gasteiger partial charge in [-0.2, -0.15) is 5.10 Å². The zero-order valence-corrected chi connectivity index (χ0v) is 13.1. The number of hydrazone groups is 1. The molecule has 2 aromatic rings. The Morgan fingerprint density at radius 2 is 1.87 bits per heavy atom. The summed E-state index contributed by atoms with van der Waals surface area (Å²) in [5, 5.41) is 20.2. The van der Waals surface area contributed by atoms with E-state index in [9.17, 15) is 18.5 Å². The van der Waals surface area contributed by atoms with Gasteiger partial charge in [0.25, 0.3) is 5.69 Å². The SMILES string of the molecule is NS(=O)(=O)c1cc([N+](=O)[O-])ccc1N/N=C\c1ccc(Cl)cc1. The lowest BCUT2D eigenvalue weighted by Gasteiger charge is -2.06. The highest BCUT2D eigenvalue weighted by atomic mass is 35.5. The van der Waals surface area contributed by atoms with Crippen molar-refractivity contribution in [2.24, 2.45) is 10.2 Å². The normalized spacial score (nSPS) is 11.6. The third-order valence-corrected chi connectivity index (χ3v) is 3.95. The Hall–Kier alpha value is -2.49. The smallest absolute Gasteiger partial charge is 0.270 e. The monoisotopic (exact) mass is 354 g/mol. The largest absolute Gasteiger partial charge is 0.277 e. The van der Waals surface area contributed by atoms with E-state index in [-0.39, 0.29) is 11.4 Å². The lowest BCUT2D eigenvalue weighted by Crippen LogP contribution is -2.14.